The van der Waals surface area contributed by atoms with Crippen LogP contribution in [0.4, 0.5) is 32.4 Å². The maximum absolute atomic E-state index is 15.1. The topological polar surface area (TPSA) is 100 Å². The van der Waals surface area contributed by atoms with Gasteiger partial charge in [0.25, 0.3) is 0 Å². The molecule has 3 atom stereocenters. The van der Waals surface area contributed by atoms with Gasteiger partial charge in [0.15, 0.2) is 0 Å². The molecule has 6 rings (SSSR count). The van der Waals surface area contributed by atoms with Crippen LogP contribution < -0.4 is 11.1 Å². The summed E-state index contributed by atoms with van der Waals surface area (Å²) in [6, 6.07) is 13.8. The molecule has 0 spiro atoms. The SMILES string of the molecule is COC(=O)Nc1ccc(C2=CN=C(C3C(c4ccc(F)cc4)CC(N4CCC(N)CC4)CN3C(=O)/C=C/c3c(C(F)(F)F)ccc(Cl)c3F)C2)cc1. The molecule has 3 aliphatic heterocycles. The Balaban J connectivity index is 1.36. The van der Waals surface area contributed by atoms with E-state index < -0.39 is 52.0 Å². The normalized spacial score (nSPS) is 21.6. The molecule has 0 radical (unpaired) electrons. The summed E-state index contributed by atoms with van der Waals surface area (Å²) in [7, 11) is 1.26. The lowest BCUT2D eigenvalue weighted by Gasteiger charge is -2.49. The Morgan fingerprint density at radius 3 is 2.37 bits per heavy atom. The van der Waals surface area contributed by atoms with Crippen molar-refractivity contribution in [2.75, 3.05) is 32.1 Å². The third kappa shape index (κ3) is 8.22. The van der Waals surface area contributed by atoms with E-state index in [1.165, 1.54) is 19.2 Å². The molecule has 2 fully saturated rings. The van der Waals surface area contributed by atoms with E-state index in [0.717, 1.165) is 47.8 Å². The van der Waals surface area contributed by atoms with Gasteiger partial charge in [-0.25, -0.2) is 13.6 Å². The number of methoxy groups -OCH3 is 1. The molecule has 3 unspecified atom stereocenters. The Kier molecular flexibility index (Phi) is 11.1. The molecular formula is C38H37ClF5N5O3. The molecular weight excluding hydrogens is 705 g/mol. The number of halogens is 6. The summed E-state index contributed by atoms with van der Waals surface area (Å²) in [5.74, 6) is -2.73. The third-order valence-electron chi connectivity index (χ3n) is 9.94. The van der Waals surface area contributed by atoms with Crippen molar-refractivity contribution >= 4 is 46.6 Å². The lowest BCUT2D eigenvalue weighted by atomic mass is 9.77. The Morgan fingerprint density at radius 1 is 1.02 bits per heavy atom. The van der Waals surface area contributed by atoms with Crippen molar-refractivity contribution in [1.29, 1.82) is 0 Å². The minimum atomic E-state index is -4.90. The van der Waals surface area contributed by atoms with Gasteiger partial charge in [0.2, 0.25) is 5.91 Å². The van der Waals surface area contributed by atoms with E-state index >= 15 is 4.39 Å². The van der Waals surface area contributed by atoms with E-state index in [2.05, 4.69) is 15.0 Å². The number of alkyl halides is 3. The van der Waals surface area contributed by atoms with Crippen molar-refractivity contribution in [2.24, 2.45) is 10.7 Å². The molecule has 0 saturated carbocycles. The fourth-order valence-corrected chi connectivity index (χ4v) is 7.40. The van der Waals surface area contributed by atoms with Crippen molar-refractivity contribution in [3.8, 4) is 0 Å². The van der Waals surface area contributed by atoms with E-state index in [0.29, 0.717) is 43.4 Å². The predicted octanol–water partition coefficient (Wildman–Crippen LogP) is 7.89. The summed E-state index contributed by atoms with van der Waals surface area (Å²) in [6.07, 6.45) is 0.409. The van der Waals surface area contributed by atoms with Crippen LogP contribution in [0, 0.1) is 11.6 Å². The number of nitrogens with two attached hydrogens (primary N) is 1. The molecule has 0 aromatic heterocycles. The zero-order valence-electron chi connectivity index (χ0n) is 28.2. The van der Waals surface area contributed by atoms with Gasteiger partial charge in [0.1, 0.15) is 11.6 Å². The van der Waals surface area contributed by atoms with Crippen LogP contribution in [0.25, 0.3) is 11.6 Å². The number of hydrogen-bond acceptors (Lipinski definition) is 6. The molecule has 3 N–H and O–H groups in total. The number of allylic oxidation sites excluding steroid dienone is 1. The number of ether oxygens (including phenoxy) is 1. The highest BCUT2D eigenvalue weighted by Gasteiger charge is 2.44. The standard InChI is InChI=1S/C38H37ClF5N5O3/c1-52-37(51)47-27-8-4-22(5-9-27)24-18-33(46-20-24)36-30(23-2-6-25(40)7-3-23)19-28(48-16-14-26(45)15-17-48)21-49(36)34(50)13-10-29-31(38(42,43)44)11-12-32(39)35(29)41/h2-13,20,26,28,30,36H,14-19,21,45H2,1H3,(H,47,51)/b13-10+. The van der Waals surface area contributed by atoms with Crippen LogP contribution in [-0.4, -0.2) is 72.4 Å². The number of aliphatic imine (C=N–C) groups is 1. The molecule has 3 heterocycles. The summed E-state index contributed by atoms with van der Waals surface area (Å²) < 4.78 is 75.6. The van der Waals surface area contributed by atoms with Crippen LogP contribution >= 0.6 is 11.6 Å². The highest BCUT2D eigenvalue weighted by Crippen LogP contribution is 2.40. The highest BCUT2D eigenvalue weighted by atomic mass is 35.5. The first-order valence-electron chi connectivity index (χ1n) is 16.8. The van der Waals surface area contributed by atoms with Crippen LogP contribution in [0.15, 0.2) is 77.9 Å². The molecule has 14 heteroatoms. The molecule has 3 aromatic rings. The number of nitrogens with one attached hydrogen (secondary N) is 1. The number of benzene rings is 3. The number of hydrogen-bond donors (Lipinski definition) is 2. The number of anilines is 1. The molecule has 2 saturated heterocycles. The van der Waals surface area contributed by atoms with Gasteiger partial charge in [-0.2, -0.15) is 13.2 Å². The van der Waals surface area contributed by atoms with Gasteiger partial charge in [-0.3, -0.25) is 20.0 Å². The van der Waals surface area contributed by atoms with E-state index in [9.17, 15) is 27.2 Å². The quantitative estimate of drug-likeness (QED) is 0.190. The number of amides is 2. The summed E-state index contributed by atoms with van der Waals surface area (Å²) in [6.45, 7) is 1.61. The number of piperidine rings is 2. The predicted molar refractivity (Wildman–Crippen MR) is 190 cm³/mol. The van der Waals surface area contributed by atoms with E-state index in [1.54, 1.807) is 35.4 Å². The zero-order chi connectivity index (χ0) is 37.2. The fourth-order valence-electron chi connectivity index (χ4n) is 7.24. The van der Waals surface area contributed by atoms with Gasteiger partial charge < -0.3 is 15.4 Å². The zero-order valence-corrected chi connectivity index (χ0v) is 28.9. The maximum Gasteiger partial charge on any atom is 0.417 e. The summed E-state index contributed by atoms with van der Waals surface area (Å²) in [4.78, 5) is 34.6. The number of carbonyl (C=O) groups excluding carboxylic acids is 2. The largest absolute Gasteiger partial charge is 0.453 e. The maximum atomic E-state index is 15.1. The summed E-state index contributed by atoms with van der Waals surface area (Å²) in [5.41, 5.74) is 7.67. The molecule has 3 aliphatic rings. The molecule has 0 aliphatic carbocycles. The van der Waals surface area contributed by atoms with Crippen LogP contribution in [-0.2, 0) is 15.7 Å². The first-order valence-corrected chi connectivity index (χ1v) is 17.2. The molecule has 52 heavy (non-hydrogen) atoms. The van der Waals surface area contributed by atoms with E-state index in [1.807, 2.05) is 12.1 Å². The van der Waals surface area contributed by atoms with Crippen molar-refractivity contribution in [2.45, 2.75) is 55.9 Å². The highest BCUT2D eigenvalue weighted by molar-refractivity contribution is 6.31. The van der Waals surface area contributed by atoms with E-state index in [-0.39, 0.29) is 24.5 Å². The van der Waals surface area contributed by atoms with Crippen molar-refractivity contribution in [3.05, 3.63) is 112 Å². The van der Waals surface area contributed by atoms with Gasteiger partial charge in [0, 0.05) is 60.2 Å². The molecule has 2 amide bonds. The van der Waals surface area contributed by atoms with Crippen LogP contribution in [0.3, 0.4) is 0 Å². The Bertz CT molecular complexity index is 1890. The summed E-state index contributed by atoms with van der Waals surface area (Å²) >= 11 is 5.87. The van der Waals surface area contributed by atoms with Gasteiger partial charge in [0.05, 0.1) is 23.7 Å². The average Bonchev–Trinajstić information content (AvgIpc) is 3.62. The number of nitrogens with zero attached hydrogens (tertiary/aromatic N) is 3. The molecule has 0 bridgehead atoms. The van der Waals surface area contributed by atoms with Gasteiger partial charge >= 0.3 is 12.3 Å². The number of likely N-dealkylation sites (tertiary alicyclic amines) is 2. The average molecular weight is 742 g/mol. The monoisotopic (exact) mass is 741 g/mol. The second kappa shape index (κ2) is 15.6. The second-order valence-electron chi connectivity index (χ2n) is 13.2. The molecule has 274 valence electrons. The lowest BCUT2D eigenvalue weighted by molar-refractivity contribution is -0.138. The first kappa shape index (κ1) is 37.2. The van der Waals surface area contributed by atoms with Gasteiger partial charge in [-0.1, -0.05) is 35.9 Å². The lowest BCUT2D eigenvalue weighted by Crippen LogP contribution is -2.60. The molecule has 3 aromatic carbocycles. The summed E-state index contributed by atoms with van der Waals surface area (Å²) in [5, 5.41) is 2.09. The Morgan fingerprint density at radius 2 is 1.71 bits per heavy atom. The first-order chi connectivity index (χ1) is 24.8. The number of rotatable bonds is 7. The number of carbonyl (C=O) groups is 2. The van der Waals surface area contributed by atoms with Gasteiger partial charge in [-0.15, -0.1) is 0 Å². The van der Waals surface area contributed by atoms with Crippen LogP contribution in [0.5, 0.6) is 0 Å². The van der Waals surface area contributed by atoms with Crippen molar-refractivity contribution in [3.63, 3.8) is 0 Å². The van der Waals surface area contributed by atoms with Crippen LogP contribution in [0.2, 0.25) is 5.02 Å². The minimum absolute atomic E-state index is 0.0548. The van der Waals surface area contributed by atoms with Crippen molar-refractivity contribution < 1.29 is 36.3 Å². The van der Waals surface area contributed by atoms with Crippen LogP contribution in [0.1, 0.15) is 53.9 Å². The van der Waals surface area contributed by atoms with Gasteiger partial charge in [-0.05, 0) is 91.5 Å². The van der Waals surface area contributed by atoms with E-state index in [4.69, 9.17) is 22.3 Å². The minimum Gasteiger partial charge on any atom is -0.453 e. The Hall–Kier alpha value is -4.59. The third-order valence-corrected chi connectivity index (χ3v) is 10.2. The van der Waals surface area contributed by atoms with Crippen molar-refractivity contribution in [1.82, 2.24) is 9.80 Å². The fraction of sp³-hybridized carbons (Fsp3) is 0.342. The Labute approximate surface area is 302 Å². The second-order valence-corrected chi connectivity index (χ2v) is 13.6. The molecule has 8 nitrogen and oxygen atoms in total. The smallest absolute Gasteiger partial charge is 0.417 e.